The van der Waals surface area contributed by atoms with E-state index in [0.717, 1.165) is 0 Å². The minimum atomic E-state index is -1.10. The SMILES string of the molecule is CC1(C(=O)Nc2ccc(C(=O)NCC(=O)O)cc2)CC=CC1. The second-order valence-electron chi connectivity index (χ2n) is 5.55. The summed E-state index contributed by atoms with van der Waals surface area (Å²) < 4.78 is 0. The summed E-state index contributed by atoms with van der Waals surface area (Å²) in [6, 6.07) is 6.34. The lowest BCUT2D eigenvalue weighted by Crippen LogP contribution is -2.31. The van der Waals surface area contributed by atoms with Crippen LogP contribution in [0.25, 0.3) is 0 Å². The van der Waals surface area contributed by atoms with Crippen LogP contribution in [-0.4, -0.2) is 29.4 Å². The van der Waals surface area contributed by atoms with Gasteiger partial charge in [0.05, 0.1) is 5.41 Å². The van der Waals surface area contributed by atoms with Gasteiger partial charge in [-0.1, -0.05) is 19.1 Å². The summed E-state index contributed by atoms with van der Waals surface area (Å²) in [6.07, 6.45) is 5.42. The fraction of sp³-hybridized carbons (Fsp3) is 0.312. The number of aliphatic carboxylic acids is 1. The van der Waals surface area contributed by atoms with Gasteiger partial charge in [0, 0.05) is 11.3 Å². The van der Waals surface area contributed by atoms with E-state index < -0.39 is 23.8 Å². The second-order valence-corrected chi connectivity index (χ2v) is 5.55. The molecule has 1 aliphatic rings. The molecular formula is C16H18N2O4. The maximum atomic E-state index is 12.2. The normalized spacial score (nSPS) is 15.3. The third-order valence-electron chi connectivity index (χ3n) is 3.66. The summed E-state index contributed by atoms with van der Waals surface area (Å²) in [4.78, 5) is 34.3. The largest absolute Gasteiger partial charge is 0.480 e. The molecule has 0 heterocycles. The van der Waals surface area contributed by atoms with Crippen molar-refractivity contribution in [1.29, 1.82) is 0 Å². The van der Waals surface area contributed by atoms with Gasteiger partial charge in [-0.15, -0.1) is 0 Å². The first-order valence-electron chi connectivity index (χ1n) is 6.97. The highest BCUT2D eigenvalue weighted by Gasteiger charge is 2.33. The number of nitrogens with one attached hydrogen (secondary N) is 2. The number of rotatable bonds is 5. The van der Waals surface area contributed by atoms with Crippen molar-refractivity contribution in [2.45, 2.75) is 19.8 Å². The van der Waals surface area contributed by atoms with Crippen molar-refractivity contribution in [3.05, 3.63) is 42.0 Å². The Balaban J connectivity index is 1.95. The molecule has 2 amide bonds. The van der Waals surface area contributed by atoms with Crippen LogP contribution in [0.1, 0.15) is 30.1 Å². The summed E-state index contributed by atoms with van der Waals surface area (Å²) >= 11 is 0. The molecule has 22 heavy (non-hydrogen) atoms. The van der Waals surface area contributed by atoms with Gasteiger partial charge in [-0.05, 0) is 37.1 Å². The highest BCUT2D eigenvalue weighted by Crippen LogP contribution is 2.33. The highest BCUT2D eigenvalue weighted by molar-refractivity contribution is 5.98. The molecule has 0 unspecified atom stereocenters. The first kappa shape index (κ1) is 15.8. The van der Waals surface area contributed by atoms with Crippen molar-refractivity contribution in [1.82, 2.24) is 5.32 Å². The number of carbonyl (C=O) groups excluding carboxylic acids is 2. The Hall–Kier alpha value is -2.63. The number of anilines is 1. The Morgan fingerprint density at radius 2 is 1.73 bits per heavy atom. The van der Waals surface area contributed by atoms with Gasteiger partial charge in [-0.3, -0.25) is 14.4 Å². The van der Waals surface area contributed by atoms with E-state index in [9.17, 15) is 14.4 Å². The molecule has 2 rings (SSSR count). The third kappa shape index (κ3) is 3.72. The van der Waals surface area contributed by atoms with Gasteiger partial charge in [0.2, 0.25) is 5.91 Å². The monoisotopic (exact) mass is 302 g/mol. The van der Waals surface area contributed by atoms with Gasteiger partial charge < -0.3 is 15.7 Å². The van der Waals surface area contributed by atoms with Crippen molar-refractivity contribution < 1.29 is 19.5 Å². The Kier molecular flexibility index (Phi) is 4.60. The summed E-state index contributed by atoms with van der Waals surface area (Å²) in [5.74, 6) is -1.62. The molecule has 0 radical (unpaired) electrons. The maximum Gasteiger partial charge on any atom is 0.322 e. The van der Waals surface area contributed by atoms with Gasteiger partial charge in [0.15, 0.2) is 0 Å². The number of amides is 2. The summed E-state index contributed by atoms with van der Waals surface area (Å²) in [6.45, 7) is 1.48. The molecule has 0 bridgehead atoms. The Morgan fingerprint density at radius 3 is 2.27 bits per heavy atom. The summed E-state index contributed by atoms with van der Waals surface area (Å²) in [5.41, 5.74) is 0.526. The van der Waals surface area contributed by atoms with Gasteiger partial charge in [-0.25, -0.2) is 0 Å². The van der Waals surface area contributed by atoms with Crippen molar-refractivity contribution in [2.24, 2.45) is 5.41 Å². The molecule has 0 atom stereocenters. The number of carboxylic acids is 1. The lowest BCUT2D eigenvalue weighted by molar-refractivity contribution is -0.135. The van der Waals surface area contributed by atoms with E-state index in [1.807, 2.05) is 19.1 Å². The van der Waals surface area contributed by atoms with Gasteiger partial charge in [0.1, 0.15) is 6.54 Å². The molecule has 6 nitrogen and oxygen atoms in total. The molecule has 0 saturated carbocycles. The smallest absolute Gasteiger partial charge is 0.322 e. The van der Waals surface area contributed by atoms with E-state index >= 15 is 0 Å². The molecule has 1 aromatic rings. The molecular weight excluding hydrogens is 284 g/mol. The van der Waals surface area contributed by atoms with Gasteiger partial charge in [0.25, 0.3) is 5.91 Å². The standard InChI is InChI=1S/C16H18N2O4/c1-16(8-2-3-9-16)15(22)18-12-6-4-11(5-7-12)14(21)17-10-13(19)20/h2-7H,8-10H2,1H3,(H,17,21)(H,18,22)(H,19,20). The molecule has 0 saturated heterocycles. The van der Waals surface area contributed by atoms with Crippen LogP contribution < -0.4 is 10.6 Å². The zero-order valence-electron chi connectivity index (χ0n) is 12.3. The first-order valence-corrected chi connectivity index (χ1v) is 6.97. The zero-order valence-corrected chi connectivity index (χ0v) is 12.3. The van der Waals surface area contributed by atoms with Crippen molar-refractivity contribution in [2.75, 3.05) is 11.9 Å². The maximum absolute atomic E-state index is 12.2. The quantitative estimate of drug-likeness (QED) is 0.723. The molecule has 0 aromatic heterocycles. The molecule has 6 heteroatoms. The Bertz CT molecular complexity index is 612. The van der Waals surface area contributed by atoms with Crippen LogP contribution >= 0.6 is 0 Å². The van der Waals surface area contributed by atoms with Gasteiger partial charge >= 0.3 is 5.97 Å². The van der Waals surface area contributed by atoms with Crippen LogP contribution in [0.2, 0.25) is 0 Å². The number of benzene rings is 1. The van der Waals surface area contributed by atoms with E-state index in [-0.39, 0.29) is 5.91 Å². The highest BCUT2D eigenvalue weighted by atomic mass is 16.4. The number of hydrogen-bond donors (Lipinski definition) is 3. The molecule has 3 N–H and O–H groups in total. The van der Waals surface area contributed by atoms with Crippen LogP contribution in [0.15, 0.2) is 36.4 Å². The fourth-order valence-electron chi connectivity index (χ4n) is 2.20. The summed E-state index contributed by atoms with van der Waals surface area (Å²) in [7, 11) is 0. The molecule has 1 aliphatic carbocycles. The van der Waals surface area contributed by atoms with Crippen LogP contribution in [0, 0.1) is 5.41 Å². The number of carboxylic acid groups (broad SMARTS) is 1. The van der Waals surface area contributed by atoms with Crippen molar-refractivity contribution in [3.8, 4) is 0 Å². The lowest BCUT2D eigenvalue weighted by Gasteiger charge is -2.22. The summed E-state index contributed by atoms with van der Waals surface area (Å²) in [5, 5.41) is 13.6. The van der Waals surface area contributed by atoms with E-state index in [2.05, 4.69) is 10.6 Å². The zero-order chi connectivity index (χ0) is 16.2. The molecule has 116 valence electrons. The van der Waals surface area contributed by atoms with Gasteiger partial charge in [-0.2, -0.15) is 0 Å². The fourth-order valence-corrected chi connectivity index (χ4v) is 2.20. The minimum Gasteiger partial charge on any atom is -0.480 e. The molecule has 0 fully saturated rings. The number of carbonyl (C=O) groups is 3. The van der Waals surface area contributed by atoms with Crippen LogP contribution in [-0.2, 0) is 9.59 Å². The molecule has 1 aromatic carbocycles. The second kappa shape index (κ2) is 6.43. The number of hydrogen-bond acceptors (Lipinski definition) is 3. The predicted molar refractivity (Wildman–Crippen MR) is 81.5 cm³/mol. The molecule has 0 aliphatic heterocycles. The van der Waals surface area contributed by atoms with Crippen molar-refractivity contribution in [3.63, 3.8) is 0 Å². The van der Waals surface area contributed by atoms with Crippen LogP contribution in [0.4, 0.5) is 5.69 Å². The van der Waals surface area contributed by atoms with E-state index in [0.29, 0.717) is 24.1 Å². The lowest BCUT2D eigenvalue weighted by atomic mass is 9.87. The van der Waals surface area contributed by atoms with E-state index in [1.165, 1.54) is 0 Å². The predicted octanol–water partition coefficient (Wildman–Crippen LogP) is 1.80. The topological polar surface area (TPSA) is 95.5 Å². The Labute approximate surface area is 128 Å². The van der Waals surface area contributed by atoms with E-state index in [4.69, 9.17) is 5.11 Å². The first-order chi connectivity index (χ1) is 10.4. The van der Waals surface area contributed by atoms with Crippen LogP contribution in [0.3, 0.4) is 0 Å². The van der Waals surface area contributed by atoms with Crippen molar-refractivity contribution >= 4 is 23.5 Å². The minimum absolute atomic E-state index is 0.0550. The average Bonchev–Trinajstić information content (AvgIpc) is 2.93. The number of allylic oxidation sites excluding steroid dienone is 2. The third-order valence-corrected chi connectivity index (χ3v) is 3.66. The average molecular weight is 302 g/mol. The van der Waals surface area contributed by atoms with Crippen LogP contribution in [0.5, 0.6) is 0 Å². The molecule has 0 spiro atoms. The Morgan fingerprint density at radius 1 is 1.14 bits per heavy atom. The van der Waals surface area contributed by atoms with E-state index in [1.54, 1.807) is 24.3 Å².